The Bertz CT molecular complexity index is 768. The predicted octanol–water partition coefficient (Wildman–Crippen LogP) is -0.115. The number of nitrogens with one attached hydrogen (secondary N) is 1. The van der Waals surface area contributed by atoms with Crippen molar-refractivity contribution in [3.05, 3.63) is 39.2 Å². The molecule has 0 saturated heterocycles. The van der Waals surface area contributed by atoms with Gasteiger partial charge in [-0.15, -0.1) is 0 Å². The maximum atomic E-state index is 11.4. The molecule has 0 aliphatic carbocycles. The lowest BCUT2D eigenvalue weighted by Gasteiger charge is -2.01. The van der Waals surface area contributed by atoms with Crippen molar-refractivity contribution in [3.63, 3.8) is 0 Å². The Hall–Kier alpha value is -1.89. The highest BCUT2D eigenvalue weighted by Crippen LogP contribution is 2.17. The van der Waals surface area contributed by atoms with Crippen molar-refractivity contribution in [1.82, 2.24) is 4.98 Å². The van der Waals surface area contributed by atoms with E-state index in [0.29, 0.717) is 0 Å². The van der Waals surface area contributed by atoms with Crippen molar-refractivity contribution in [3.8, 4) is 0 Å². The van der Waals surface area contributed by atoms with Crippen molar-refractivity contribution in [2.75, 3.05) is 6.26 Å². The first-order valence-corrected chi connectivity index (χ1v) is 6.15. The number of benzene rings is 1. The number of fused-ring (bicyclic) bond motifs is 1. The largest absolute Gasteiger partial charge is 0.419 e. The van der Waals surface area contributed by atoms with Crippen LogP contribution in [0.15, 0.2) is 37.1 Å². The summed E-state index contributed by atoms with van der Waals surface area (Å²) in [7, 11) is -3.51. The maximum Gasteiger partial charge on any atom is 0.419 e. The number of hydrogen-bond acceptors (Lipinski definition) is 5. The highest BCUT2D eigenvalue weighted by Gasteiger charge is 2.14. The molecule has 6 nitrogen and oxygen atoms in total. The Kier molecular flexibility index (Phi) is 2.20. The maximum absolute atomic E-state index is 11.4. The number of aromatic nitrogens is 1. The number of H-pyrrole nitrogens is 1. The Balaban J connectivity index is 3.11. The monoisotopic (exact) mass is 241 g/mol. The third kappa shape index (κ3) is 1.65. The number of hydrogen-bond donors (Lipinski definition) is 1. The van der Waals surface area contributed by atoms with E-state index in [1.807, 2.05) is 0 Å². The Labute approximate surface area is 89.5 Å². The molecule has 0 fully saturated rings. The minimum Gasteiger partial charge on any atom is -0.372 e. The van der Waals surface area contributed by atoms with Gasteiger partial charge in [0.1, 0.15) is 0 Å². The van der Waals surface area contributed by atoms with Crippen LogP contribution in [0.4, 0.5) is 0 Å². The quantitative estimate of drug-likeness (QED) is 0.751. The van der Waals surface area contributed by atoms with Crippen molar-refractivity contribution < 1.29 is 12.8 Å². The van der Waals surface area contributed by atoms with Crippen LogP contribution in [0.1, 0.15) is 0 Å². The summed E-state index contributed by atoms with van der Waals surface area (Å²) in [6.07, 6.45) is 0.995. The van der Waals surface area contributed by atoms with Crippen LogP contribution >= 0.6 is 0 Å². The number of para-hydroxylation sites is 1. The van der Waals surface area contributed by atoms with Crippen molar-refractivity contribution in [2.24, 2.45) is 0 Å². The minimum atomic E-state index is -3.51. The molecule has 2 rings (SSSR count). The second kappa shape index (κ2) is 3.31. The van der Waals surface area contributed by atoms with Crippen LogP contribution in [-0.4, -0.2) is 19.7 Å². The summed E-state index contributed by atoms with van der Waals surface area (Å²) >= 11 is 0. The minimum absolute atomic E-state index is 0.0220. The van der Waals surface area contributed by atoms with E-state index < -0.39 is 21.2 Å². The number of rotatable bonds is 1. The van der Waals surface area contributed by atoms with Gasteiger partial charge in [0.05, 0.1) is 15.8 Å². The first kappa shape index (κ1) is 10.6. The number of sulfone groups is 1. The molecule has 0 atom stereocenters. The van der Waals surface area contributed by atoms with Gasteiger partial charge in [0.25, 0.3) is 0 Å². The van der Waals surface area contributed by atoms with Gasteiger partial charge in [0.15, 0.2) is 9.84 Å². The molecule has 0 saturated carbocycles. The molecule has 1 heterocycles. The molecular formula is C9H7NO5S. The fourth-order valence-corrected chi connectivity index (χ4v) is 2.26. The molecule has 7 heteroatoms. The van der Waals surface area contributed by atoms with E-state index in [0.717, 1.165) is 6.26 Å². The van der Waals surface area contributed by atoms with Gasteiger partial charge < -0.3 is 4.42 Å². The summed E-state index contributed by atoms with van der Waals surface area (Å²) in [5, 5.41) is 0.0301. The lowest BCUT2D eigenvalue weighted by molar-refractivity contribution is 0.459. The normalized spacial score (nSPS) is 11.8. The smallest absolute Gasteiger partial charge is 0.372 e. The van der Waals surface area contributed by atoms with E-state index in [2.05, 4.69) is 9.40 Å². The summed E-state index contributed by atoms with van der Waals surface area (Å²) in [5.74, 6) is -0.978. The van der Waals surface area contributed by atoms with Gasteiger partial charge in [-0.1, -0.05) is 6.07 Å². The molecular weight excluding hydrogens is 234 g/mol. The van der Waals surface area contributed by atoms with Crippen molar-refractivity contribution >= 4 is 20.7 Å². The third-order valence-corrected chi connectivity index (χ3v) is 3.20. The average molecular weight is 241 g/mol. The zero-order valence-corrected chi connectivity index (χ0v) is 9.00. The fourth-order valence-electron chi connectivity index (χ4n) is 1.41. The van der Waals surface area contributed by atoms with Crippen molar-refractivity contribution in [1.29, 1.82) is 0 Å². The second-order valence-corrected chi connectivity index (χ2v) is 5.24. The molecule has 0 amide bonds. The van der Waals surface area contributed by atoms with Gasteiger partial charge in [-0.3, -0.25) is 4.98 Å². The van der Waals surface area contributed by atoms with Crippen LogP contribution in [0.3, 0.4) is 0 Å². The Morgan fingerprint density at radius 1 is 1.25 bits per heavy atom. The summed E-state index contributed by atoms with van der Waals surface area (Å²) < 4.78 is 27.1. The standard InChI is InChI=1S/C9H7NO5S/c1-16(13,14)6-4-2-3-5-7(6)10-9(12)15-8(5)11/h2-4H,1H3,(H,10,12). The zero-order chi connectivity index (χ0) is 11.9. The van der Waals surface area contributed by atoms with E-state index >= 15 is 0 Å². The molecule has 0 radical (unpaired) electrons. The molecule has 2 aromatic rings. The lowest BCUT2D eigenvalue weighted by Crippen LogP contribution is -2.16. The van der Waals surface area contributed by atoms with Gasteiger partial charge >= 0.3 is 11.4 Å². The molecule has 84 valence electrons. The van der Waals surface area contributed by atoms with E-state index in [9.17, 15) is 18.0 Å². The van der Waals surface area contributed by atoms with E-state index in [1.165, 1.54) is 18.2 Å². The lowest BCUT2D eigenvalue weighted by atomic mass is 10.2. The third-order valence-electron chi connectivity index (χ3n) is 2.06. The first-order chi connectivity index (χ1) is 7.39. The van der Waals surface area contributed by atoms with Gasteiger partial charge in [0, 0.05) is 6.26 Å². The zero-order valence-electron chi connectivity index (χ0n) is 8.18. The van der Waals surface area contributed by atoms with Gasteiger partial charge in [0.2, 0.25) is 0 Å². The van der Waals surface area contributed by atoms with Gasteiger partial charge in [-0.2, -0.15) is 0 Å². The highest BCUT2D eigenvalue weighted by molar-refractivity contribution is 7.91. The van der Waals surface area contributed by atoms with Crippen LogP contribution in [0.2, 0.25) is 0 Å². The Morgan fingerprint density at radius 3 is 2.56 bits per heavy atom. The molecule has 1 aromatic heterocycles. The van der Waals surface area contributed by atoms with Crippen LogP contribution in [-0.2, 0) is 9.84 Å². The molecule has 0 spiro atoms. The molecule has 1 N–H and O–H groups in total. The molecule has 0 bridgehead atoms. The summed E-state index contributed by atoms with van der Waals surface area (Å²) in [5.41, 5.74) is -0.879. The van der Waals surface area contributed by atoms with Crippen LogP contribution in [0, 0.1) is 0 Å². The fraction of sp³-hybridized carbons (Fsp3) is 0.111. The molecule has 0 aliphatic rings. The average Bonchev–Trinajstić information content (AvgIpc) is 2.15. The van der Waals surface area contributed by atoms with Crippen molar-refractivity contribution in [2.45, 2.75) is 4.90 Å². The summed E-state index contributed by atoms with van der Waals surface area (Å²) in [4.78, 5) is 24.4. The van der Waals surface area contributed by atoms with E-state index in [-0.39, 0.29) is 15.8 Å². The van der Waals surface area contributed by atoms with Crippen LogP contribution in [0.25, 0.3) is 10.9 Å². The molecule has 1 aromatic carbocycles. The van der Waals surface area contributed by atoms with E-state index in [1.54, 1.807) is 0 Å². The summed E-state index contributed by atoms with van der Waals surface area (Å²) in [6, 6.07) is 4.10. The molecule has 0 aliphatic heterocycles. The van der Waals surface area contributed by atoms with E-state index in [4.69, 9.17) is 0 Å². The van der Waals surface area contributed by atoms with Crippen LogP contribution < -0.4 is 11.4 Å². The summed E-state index contributed by atoms with van der Waals surface area (Å²) in [6.45, 7) is 0. The topological polar surface area (TPSA) is 97.2 Å². The SMILES string of the molecule is CS(=O)(=O)c1cccc2c(=O)oc(=O)[nH]c12. The van der Waals surface area contributed by atoms with Gasteiger partial charge in [-0.05, 0) is 12.1 Å². The second-order valence-electron chi connectivity index (χ2n) is 3.25. The predicted molar refractivity (Wildman–Crippen MR) is 56.2 cm³/mol. The molecule has 0 unspecified atom stereocenters. The first-order valence-electron chi connectivity index (χ1n) is 4.26. The highest BCUT2D eigenvalue weighted by atomic mass is 32.2. The van der Waals surface area contributed by atoms with Crippen LogP contribution in [0.5, 0.6) is 0 Å². The number of aromatic amines is 1. The van der Waals surface area contributed by atoms with Gasteiger partial charge in [-0.25, -0.2) is 18.0 Å². The molecule has 16 heavy (non-hydrogen) atoms. The Morgan fingerprint density at radius 2 is 1.94 bits per heavy atom.